The average molecular weight is 347 g/mol. The normalized spacial score (nSPS) is 20.9. The summed E-state index contributed by atoms with van der Waals surface area (Å²) < 4.78 is 27.8. The van der Waals surface area contributed by atoms with Gasteiger partial charge in [-0.2, -0.15) is 4.31 Å². The lowest BCUT2D eigenvalue weighted by Gasteiger charge is -2.24. The highest BCUT2D eigenvalue weighted by atomic mass is 79.9. The molecule has 1 saturated heterocycles. The Kier molecular flexibility index (Phi) is 4.23. The molecular formula is C13H19BrN2O2S. The van der Waals surface area contributed by atoms with E-state index in [0.717, 1.165) is 29.3 Å². The third-order valence-corrected chi connectivity index (χ3v) is 6.46. The largest absolute Gasteiger partial charge is 0.398 e. The quantitative estimate of drug-likeness (QED) is 0.855. The molecule has 0 spiro atoms. The van der Waals surface area contributed by atoms with E-state index in [9.17, 15) is 8.42 Å². The lowest BCUT2D eigenvalue weighted by Crippen LogP contribution is -2.35. The second-order valence-corrected chi connectivity index (χ2v) is 7.67. The van der Waals surface area contributed by atoms with Crippen LogP contribution in [0, 0.1) is 6.92 Å². The van der Waals surface area contributed by atoms with E-state index in [4.69, 9.17) is 5.73 Å². The van der Waals surface area contributed by atoms with Crippen molar-refractivity contribution in [3.05, 3.63) is 22.2 Å². The van der Waals surface area contributed by atoms with Crippen molar-refractivity contribution in [1.82, 2.24) is 4.31 Å². The third kappa shape index (κ3) is 2.66. The summed E-state index contributed by atoms with van der Waals surface area (Å²) >= 11 is 3.32. The Balaban J connectivity index is 2.48. The Morgan fingerprint density at radius 1 is 1.47 bits per heavy atom. The van der Waals surface area contributed by atoms with Crippen LogP contribution in [0.4, 0.5) is 5.69 Å². The molecule has 19 heavy (non-hydrogen) atoms. The molecule has 2 rings (SSSR count). The van der Waals surface area contributed by atoms with E-state index >= 15 is 0 Å². The van der Waals surface area contributed by atoms with Crippen molar-refractivity contribution in [3.63, 3.8) is 0 Å². The van der Waals surface area contributed by atoms with Crippen LogP contribution >= 0.6 is 15.9 Å². The Hall–Kier alpha value is -0.590. The number of anilines is 1. The molecule has 6 heteroatoms. The molecule has 2 N–H and O–H groups in total. The Morgan fingerprint density at radius 3 is 2.79 bits per heavy atom. The van der Waals surface area contributed by atoms with Gasteiger partial charge in [-0.25, -0.2) is 8.42 Å². The predicted octanol–water partition coefficient (Wildman–Crippen LogP) is 2.90. The van der Waals surface area contributed by atoms with Crippen molar-refractivity contribution in [2.45, 2.75) is 44.0 Å². The molecule has 0 aromatic heterocycles. The molecule has 0 radical (unpaired) electrons. The van der Waals surface area contributed by atoms with Crippen LogP contribution in [0.3, 0.4) is 0 Å². The summed E-state index contributed by atoms with van der Waals surface area (Å²) in [6.07, 6.45) is 2.73. The monoisotopic (exact) mass is 346 g/mol. The Morgan fingerprint density at radius 2 is 2.16 bits per heavy atom. The number of hydrogen-bond acceptors (Lipinski definition) is 3. The minimum Gasteiger partial charge on any atom is -0.398 e. The van der Waals surface area contributed by atoms with Gasteiger partial charge in [0.25, 0.3) is 0 Å². The highest BCUT2D eigenvalue weighted by Gasteiger charge is 2.35. The summed E-state index contributed by atoms with van der Waals surface area (Å²) in [5.41, 5.74) is 7.00. The maximum Gasteiger partial charge on any atom is 0.243 e. The van der Waals surface area contributed by atoms with Crippen LogP contribution in [0.5, 0.6) is 0 Å². The molecule has 1 atom stereocenters. The number of nitrogens with zero attached hydrogens (tertiary/aromatic N) is 1. The number of sulfonamides is 1. The van der Waals surface area contributed by atoms with Crippen LogP contribution in [0.15, 0.2) is 21.5 Å². The lowest BCUT2D eigenvalue weighted by atomic mass is 10.2. The maximum atomic E-state index is 12.7. The first-order valence-corrected chi connectivity index (χ1v) is 8.68. The van der Waals surface area contributed by atoms with Crippen LogP contribution in [0.25, 0.3) is 0 Å². The summed E-state index contributed by atoms with van der Waals surface area (Å²) in [5.74, 6) is 0. The topological polar surface area (TPSA) is 63.4 Å². The first-order chi connectivity index (χ1) is 8.87. The van der Waals surface area contributed by atoms with Crippen molar-refractivity contribution in [3.8, 4) is 0 Å². The molecule has 106 valence electrons. The van der Waals surface area contributed by atoms with Crippen LogP contribution in [0.2, 0.25) is 0 Å². The SMILES string of the molecule is CCC1CCCN1S(=O)(=O)c1cc(N)c(Br)cc1C. The van der Waals surface area contributed by atoms with E-state index in [2.05, 4.69) is 15.9 Å². The summed E-state index contributed by atoms with van der Waals surface area (Å²) in [5, 5.41) is 0. The van der Waals surface area contributed by atoms with Crippen LogP contribution in [-0.2, 0) is 10.0 Å². The molecule has 1 aromatic rings. The molecule has 0 amide bonds. The van der Waals surface area contributed by atoms with E-state index in [1.54, 1.807) is 23.4 Å². The van der Waals surface area contributed by atoms with Gasteiger partial charge in [-0.15, -0.1) is 0 Å². The number of benzene rings is 1. The van der Waals surface area contributed by atoms with E-state index < -0.39 is 10.0 Å². The minimum absolute atomic E-state index is 0.120. The molecule has 0 aliphatic carbocycles. The van der Waals surface area contributed by atoms with Crippen LogP contribution < -0.4 is 5.73 Å². The summed E-state index contributed by atoms with van der Waals surface area (Å²) in [6, 6.07) is 3.44. The first-order valence-electron chi connectivity index (χ1n) is 6.45. The fraction of sp³-hybridized carbons (Fsp3) is 0.538. The lowest BCUT2D eigenvalue weighted by molar-refractivity contribution is 0.379. The zero-order valence-electron chi connectivity index (χ0n) is 11.2. The van der Waals surface area contributed by atoms with Crippen molar-refractivity contribution in [2.24, 2.45) is 0 Å². The Bertz CT molecular complexity index is 587. The molecule has 1 aliphatic heterocycles. The standard InChI is InChI=1S/C13H19BrN2O2S/c1-3-10-5-4-6-16(10)19(17,18)13-8-12(15)11(14)7-9(13)2/h7-8,10H,3-6,15H2,1-2H3. The maximum absolute atomic E-state index is 12.7. The highest BCUT2D eigenvalue weighted by molar-refractivity contribution is 9.10. The van der Waals surface area contributed by atoms with Gasteiger partial charge in [0.05, 0.1) is 4.90 Å². The number of rotatable bonds is 3. The predicted molar refractivity (Wildman–Crippen MR) is 80.5 cm³/mol. The van der Waals surface area contributed by atoms with E-state index in [-0.39, 0.29) is 6.04 Å². The molecule has 1 fully saturated rings. The average Bonchev–Trinajstić information content (AvgIpc) is 2.82. The van der Waals surface area contributed by atoms with Gasteiger partial charge in [0, 0.05) is 22.7 Å². The minimum atomic E-state index is -3.44. The van der Waals surface area contributed by atoms with E-state index in [0.29, 0.717) is 17.1 Å². The third-order valence-electron chi connectivity index (χ3n) is 3.68. The van der Waals surface area contributed by atoms with E-state index in [1.165, 1.54) is 0 Å². The number of aryl methyl sites for hydroxylation is 1. The van der Waals surface area contributed by atoms with Gasteiger partial charge in [-0.3, -0.25) is 0 Å². The second kappa shape index (κ2) is 5.42. The second-order valence-electron chi connectivity index (χ2n) is 4.96. The number of nitrogen functional groups attached to an aromatic ring is 1. The zero-order chi connectivity index (χ0) is 14.2. The molecule has 1 aromatic carbocycles. The molecular weight excluding hydrogens is 328 g/mol. The van der Waals surface area contributed by atoms with Crippen molar-refractivity contribution >= 4 is 31.6 Å². The van der Waals surface area contributed by atoms with Crippen LogP contribution in [-0.4, -0.2) is 25.3 Å². The van der Waals surface area contributed by atoms with Crippen molar-refractivity contribution in [2.75, 3.05) is 12.3 Å². The van der Waals surface area contributed by atoms with Gasteiger partial charge in [0.1, 0.15) is 0 Å². The summed E-state index contributed by atoms with van der Waals surface area (Å²) in [6.45, 7) is 4.44. The van der Waals surface area contributed by atoms with Gasteiger partial charge < -0.3 is 5.73 Å². The smallest absolute Gasteiger partial charge is 0.243 e. The van der Waals surface area contributed by atoms with Crippen molar-refractivity contribution in [1.29, 1.82) is 0 Å². The molecule has 1 heterocycles. The number of hydrogen-bond donors (Lipinski definition) is 1. The number of nitrogens with two attached hydrogens (primary N) is 1. The van der Waals surface area contributed by atoms with E-state index in [1.807, 2.05) is 6.92 Å². The number of halogens is 1. The molecule has 4 nitrogen and oxygen atoms in total. The van der Waals surface area contributed by atoms with Crippen molar-refractivity contribution < 1.29 is 8.42 Å². The molecule has 1 aliphatic rings. The molecule has 0 saturated carbocycles. The van der Waals surface area contributed by atoms with Gasteiger partial charge >= 0.3 is 0 Å². The van der Waals surface area contributed by atoms with Crippen LogP contribution in [0.1, 0.15) is 31.7 Å². The fourth-order valence-corrected chi connectivity index (χ4v) is 5.07. The van der Waals surface area contributed by atoms with Gasteiger partial charge in [-0.05, 0) is 59.8 Å². The van der Waals surface area contributed by atoms with Gasteiger partial charge in [-0.1, -0.05) is 6.92 Å². The van der Waals surface area contributed by atoms with Gasteiger partial charge in [0.2, 0.25) is 10.0 Å². The Labute approximate surface area is 123 Å². The first kappa shape index (κ1) is 14.8. The fourth-order valence-electron chi connectivity index (χ4n) is 2.61. The summed E-state index contributed by atoms with van der Waals surface area (Å²) in [7, 11) is -3.44. The highest BCUT2D eigenvalue weighted by Crippen LogP contribution is 2.32. The molecule has 1 unspecified atom stereocenters. The van der Waals surface area contributed by atoms with Gasteiger partial charge in [0.15, 0.2) is 0 Å². The summed E-state index contributed by atoms with van der Waals surface area (Å²) in [4.78, 5) is 0.327. The zero-order valence-corrected chi connectivity index (χ0v) is 13.6. The molecule has 0 bridgehead atoms.